The number of nitrogens with zero attached hydrogens (tertiary/aromatic N) is 4. The highest BCUT2D eigenvalue weighted by atomic mass is 16.5. The van der Waals surface area contributed by atoms with Crippen molar-refractivity contribution in [3.05, 3.63) is 65.5 Å². The molecule has 34 heavy (non-hydrogen) atoms. The molecule has 174 valence electrons. The third-order valence-electron chi connectivity index (χ3n) is 5.25. The topological polar surface area (TPSA) is 111 Å². The minimum absolute atomic E-state index is 0.205. The van der Waals surface area contributed by atoms with Gasteiger partial charge in [0.2, 0.25) is 5.91 Å². The van der Waals surface area contributed by atoms with E-state index in [1.165, 1.54) is 31.4 Å². The maximum atomic E-state index is 14.0. The van der Waals surface area contributed by atoms with E-state index in [9.17, 15) is 14.4 Å². The monoisotopic (exact) mass is 469 g/mol. The maximum absolute atomic E-state index is 14.0. The van der Waals surface area contributed by atoms with E-state index in [2.05, 4.69) is 5.10 Å². The Kier molecular flexibility index (Phi) is 3.29. The summed E-state index contributed by atoms with van der Waals surface area (Å²) in [5.74, 6) is -2.89. The Bertz CT molecular complexity index is 1690. The Balaban J connectivity index is 1.64. The van der Waals surface area contributed by atoms with Crippen molar-refractivity contribution in [3.8, 4) is 11.4 Å². The predicted octanol–water partition coefficient (Wildman–Crippen LogP) is 2.70. The van der Waals surface area contributed by atoms with Crippen molar-refractivity contribution < 1.29 is 32.8 Å². The molecule has 1 fully saturated rings. The fourth-order valence-electron chi connectivity index (χ4n) is 3.58. The molecular formula is C25H25N5O4. The highest BCUT2D eigenvalue weighted by Crippen LogP contribution is 2.31. The first-order valence-corrected chi connectivity index (χ1v) is 10.1. The van der Waals surface area contributed by atoms with Crippen molar-refractivity contribution in [3.63, 3.8) is 0 Å². The highest BCUT2D eigenvalue weighted by molar-refractivity contribution is 6.09. The van der Waals surface area contributed by atoms with Gasteiger partial charge in [0.05, 0.1) is 15.5 Å². The highest BCUT2D eigenvalue weighted by Gasteiger charge is 2.34. The molecule has 0 saturated carbocycles. The minimum atomic E-state index is -3.14. The summed E-state index contributed by atoms with van der Waals surface area (Å²) < 4.78 is 89.5. The molecular weight excluding hydrogens is 434 g/mol. The number of anilines is 2. The van der Waals surface area contributed by atoms with Crippen LogP contribution in [0.1, 0.15) is 59.4 Å². The number of nitrogens with two attached hydrogens (primary N) is 1. The summed E-state index contributed by atoms with van der Waals surface area (Å²) in [7, 11) is 1.43. The summed E-state index contributed by atoms with van der Waals surface area (Å²) in [6, 6.07) is 10.4. The van der Waals surface area contributed by atoms with E-state index >= 15 is 0 Å². The normalized spacial score (nSPS) is 27.7. The maximum Gasteiger partial charge on any atom is 0.277 e. The first-order valence-electron chi connectivity index (χ1n) is 15.1. The van der Waals surface area contributed by atoms with Crippen LogP contribution in [-0.4, -0.2) is 47.6 Å². The fraction of sp³-hybridized carbons (Fsp3) is 0.280. The Morgan fingerprint density at radius 3 is 2.26 bits per heavy atom. The summed E-state index contributed by atoms with van der Waals surface area (Å²) in [5, 5.41) is 4.08. The lowest BCUT2D eigenvalue weighted by molar-refractivity contribution is -0.119. The quantitative estimate of drug-likeness (QED) is 0.618. The number of hydrogen-bond donors (Lipinski definition) is 1. The van der Waals surface area contributed by atoms with Gasteiger partial charge in [0.15, 0.2) is 5.69 Å². The van der Waals surface area contributed by atoms with Crippen LogP contribution in [0.25, 0.3) is 5.69 Å². The second-order valence-electron chi connectivity index (χ2n) is 7.26. The number of amides is 3. The molecule has 2 N–H and O–H groups in total. The average molecular weight is 470 g/mol. The number of rotatable bonds is 5. The second-order valence-corrected chi connectivity index (χ2v) is 7.26. The number of aromatic nitrogens is 2. The molecule has 1 saturated heterocycles. The Morgan fingerprint density at radius 1 is 0.971 bits per heavy atom. The molecule has 5 rings (SSSR count). The van der Waals surface area contributed by atoms with Gasteiger partial charge in [-0.2, -0.15) is 5.10 Å². The van der Waals surface area contributed by atoms with Gasteiger partial charge in [0.1, 0.15) is 11.4 Å². The summed E-state index contributed by atoms with van der Waals surface area (Å²) in [4.78, 5) is 40.1. The second kappa shape index (κ2) is 8.66. The molecule has 9 nitrogen and oxygen atoms in total. The predicted molar refractivity (Wildman–Crippen MR) is 127 cm³/mol. The molecule has 0 aliphatic carbocycles. The molecule has 3 heterocycles. The van der Waals surface area contributed by atoms with Crippen LogP contribution in [0.5, 0.6) is 5.75 Å². The zero-order valence-corrected chi connectivity index (χ0v) is 17.8. The third kappa shape index (κ3) is 3.68. The van der Waals surface area contributed by atoms with Crippen molar-refractivity contribution in [2.45, 2.75) is 25.5 Å². The molecule has 0 unspecified atom stereocenters. The molecule has 3 amide bonds. The van der Waals surface area contributed by atoms with E-state index < -0.39 is 73.2 Å². The largest absolute Gasteiger partial charge is 0.497 e. The number of hydrogen-bond acceptors (Lipinski definition) is 5. The molecule has 0 atom stereocenters. The fourth-order valence-corrected chi connectivity index (χ4v) is 3.58. The van der Waals surface area contributed by atoms with E-state index in [4.69, 9.17) is 24.2 Å². The van der Waals surface area contributed by atoms with Gasteiger partial charge in [0.25, 0.3) is 11.8 Å². The van der Waals surface area contributed by atoms with Gasteiger partial charge in [-0.1, -0.05) is 0 Å². The first kappa shape index (κ1) is 12.9. The van der Waals surface area contributed by atoms with Crippen molar-refractivity contribution in [1.29, 1.82) is 0 Å². The standard InChI is InChI=1S/C25H25N5O4/c1-34-19-11-9-18(10-12-19)30-23-20(22(27-30)24(26)32)13-15-29(25(23)33)17-7-5-16(6-8-17)28-14-3-2-4-21(28)31/h5-12H,2-4,13-15H2,1H3,(H2,26,32)/i2D2,3D2,13D2,14D2,15D2. The van der Waals surface area contributed by atoms with Crippen LogP contribution in [0.3, 0.4) is 0 Å². The zero-order valence-electron chi connectivity index (χ0n) is 27.8. The summed E-state index contributed by atoms with van der Waals surface area (Å²) in [6.45, 7) is -6.27. The van der Waals surface area contributed by atoms with Gasteiger partial charge in [0, 0.05) is 47.3 Å². The lowest BCUT2D eigenvalue weighted by atomic mass is 10.0. The van der Waals surface area contributed by atoms with Crippen LogP contribution < -0.4 is 20.3 Å². The SMILES string of the molecule is [2H]C1([2H])CC(=O)N(c2ccc(N3C(=O)c4c(c(C(N)=O)nn4-c4ccc(OC)cc4)C([2H])([2H])C3([2H])[2H])cc2)C([2H])([2H])C1([2H])[2H]. The average Bonchev–Trinajstić information content (AvgIpc) is 3.34. The number of benzene rings is 2. The van der Waals surface area contributed by atoms with E-state index in [1.807, 2.05) is 0 Å². The molecule has 9 heteroatoms. The van der Waals surface area contributed by atoms with Crippen LogP contribution in [0, 0.1) is 0 Å². The number of carbonyl (C=O) groups excluding carboxylic acids is 3. The number of methoxy groups -OCH3 is 1. The molecule has 0 spiro atoms. The van der Waals surface area contributed by atoms with Crippen LogP contribution in [0.4, 0.5) is 11.4 Å². The number of carbonyl (C=O) groups is 3. The minimum Gasteiger partial charge on any atom is -0.497 e. The summed E-state index contributed by atoms with van der Waals surface area (Å²) in [6.07, 6.45) is -9.92. The van der Waals surface area contributed by atoms with Crippen LogP contribution in [0.15, 0.2) is 48.5 Å². The van der Waals surface area contributed by atoms with E-state index in [-0.39, 0.29) is 17.1 Å². The molecule has 2 aliphatic heterocycles. The number of fused-ring (bicyclic) bond motifs is 1. The summed E-state index contributed by atoms with van der Waals surface area (Å²) >= 11 is 0. The van der Waals surface area contributed by atoms with E-state index in [0.29, 0.717) is 15.5 Å². The van der Waals surface area contributed by atoms with E-state index in [1.54, 1.807) is 0 Å². The summed E-state index contributed by atoms with van der Waals surface area (Å²) in [5.41, 5.74) is 3.46. The molecule has 0 bridgehead atoms. The Morgan fingerprint density at radius 2 is 1.62 bits per heavy atom. The lowest BCUT2D eigenvalue weighted by Gasteiger charge is -2.29. The van der Waals surface area contributed by atoms with Gasteiger partial charge in [-0.25, -0.2) is 4.68 Å². The number of primary amides is 1. The smallest absolute Gasteiger partial charge is 0.277 e. The van der Waals surface area contributed by atoms with Crippen molar-refractivity contribution in [2.24, 2.45) is 5.73 Å². The molecule has 2 aromatic carbocycles. The van der Waals surface area contributed by atoms with Crippen molar-refractivity contribution >= 4 is 29.1 Å². The van der Waals surface area contributed by atoms with Gasteiger partial charge in [-0.3, -0.25) is 14.4 Å². The van der Waals surface area contributed by atoms with Crippen LogP contribution in [0.2, 0.25) is 0 Å². The van der Waals surface area contributed by atoms with Crippen molar-refractivity contribution in [2.75, 3.05) is 29.9 Å². The number of ether oxygens (including phenoxy) is 1. The molecule has 3 aromatic rings. The van der Waals surface area contributed by atoms with Gasteiger partial charge in [-0.05, 0) is 67.6 Å². The van der Waals surface area contributed by atoms with Gasteiger partial charge >= 0.3 is 0 Å². The first-order chi connectivity index (χ1) is 20.2. The van der Waals surface area contributed by atoms with E-state index in [0.717, 1.165) is 28.9 Å². The van der Waals surface area contributed by atoms with Crippen LogP contribution >= 0.6 is 0 Å². The Hall–Kier alpha value is -4.14. The molecule has 2 aliphatic rings. The molecule has 1 aromatic heterocycles. The molecule has 0 radical (unpaired) electrons. The Labute approximate surface area is 210 Å². The van der Waals surface area contributed by atoms with Gasteiger partial charge in [-0.15, -0.1) is 0 Å². The third-order valence-corrected chi connectivity index (χ3v) is 5.25. The van der Waals surface area contributed by atoms with Crippen molar-refractivity contribution in [1.82, 2.24) is 9.78 Å². The zero-order chi connectivity index (χ0) is 32.8. The lowest BCUT2D eigenvalue weighted by Crippen LogP contribution is -2.39. The van der Waals surface area contributed by atoms with Crippen LogP contribution in [-0.2, 0) is 11.2 Å². The number of piperidine rings is 1. The van der Waals surface area contributed by atoms with Gasteiger partial charge < -0.3 is 20.3 Å².